The highest BCUT2D eigenvalue weighted by atomic mass is 32.1. The van der Waals surface area contributed by atoms with E-state index in [0.29, 0.717) is 11.6 Å². The molecule has 4 heteroatoms. The Morgan fingerprint density at radius 1 is 1.41 bits per heavy atom. The second-order valence-electron chi connectivity index (χ2n) is 4.37. The molecule has 94 valence electrons. The number of hydrogen-bond donors (Lipinski definition) is 1. The molecule has 0 aliphatic carbocycles. The summed E-state index contributed by atoms with van der Waals surface area (Å²) in [4.78, 5) is 2.52. The van der Waals surface area contributed by atoms with Gasteiger partial charge in [-0.05, 0) is 45.1 Å². The van der Waals surface area contributed by atoms with Crippen LogP contribution in [-0.2, 0) is 0 Å². The van der Waals surface area contributed by atoms with Gasteiger partial charge in [0, 0.05) is 6.54 Å². The molecule has 0 radical (unpaired) electrons. The molecular formula is C13H20N2OS. The minimum Gasteiger partial charge on any atom is -0.493 e. The molecule has 3 nitrogen and oxygen atoms in total. The maximum Gasteiger partial charge on any atom is 0.129 e. The average Bonchev–Trinajstić information content (AvgIpc) is 2.23. The molecular weight excluding hydrogens is 232 g/mol. The van der Waals surface area contributed by atoms with E-state index in [4.69, 9.17) is 22.7 Å². The highest BCUT2D eigenvalue weighted by Gasteiger charge is 2.06. The van der Waals surface area contributed by atoms with E-state index in [9.17, 15) is 0 Å². The van der Waals surface area contributed by atoms with Crippen molar-refractivity contribution in [2.24, 2.45) is 5.73 Å². The van der Waals surface area contributed by atoms with Crippen molar-refractivity contribution in [1.82, 2.24) is 4.90 Å². The number of hydrogen-bond acceptors (Lipinski definition) is 3. The lowest BCUT2D eigenvalue weighted by Crippen LogP contribution is -2.17. The molecule has 0 aromatic heterocycles. The summed E-state index contributed by atoms with van der Waals surface area (Å²) in [6.45, 7) is 3.71. The maximum atomic E-state index is 5.74. The van der Waals surface area contributed by atoms with Gasteiger partial charge in [-0.1, -0.05) is 18.3 Å². The second kappa shape index (κ2) is 6.57. The molecule has 1 aromatic carbocycles. The predicted molar refractivity (Wildman–Crippen MR) is 75.7 cm³/mol. The number of rotatable bonds is 6. The number of aryl methyl sites for hydroxylation is 1. The van der Waals surface area contributed by atoms with Gasteiger partial charge in [-0.2, -0.15) is 0 Å². The standard InChI is InChI=1S/C13H20N2OS/c1-10-5-6-11(13(14)17)12(9-10)16-8-4-7-15(2)3/h5-6,9H,4,7-8H2,1-3H3,(H2,14,17). The Morgan fingerprint density at radius 2 is 2.12 bits per heavy atom. The fourth-order valence-electron chi connectivity index (χ4n) is 1.52. The van der Waals surface area contributed by atoms with Gasteiger partial charge in [0.25, 0.3) is 0 Å². The van der Waals surface area contributed by atoms with Gasteiger partial charge in [-0.25, -0.2) is 0 Å². The van der Waals surface area contributed by atoms with Crippen LogP contribution >= 0.6 is 12.2 Å². The maximum absolute atomic E-state index is 5.74. The second-order valence-corrected chi connectivity index (χ2v) is 4.81. The van der Waals surface area contributed by atoms with Crippen LogP contribution in [0.5, 0.6) is 5.75 Å². The molecule has 0 saturated heterocycles. The third-order valence-corrected chi connectivity index (χ3v) is 2.63. The van der Waals surface area contributed by atoms with Crippen molar-refractivity contribution in [3.63, 3.8) is 0 Å². The van der Waals surface area contributed by atoms with Gasteiger partial charge >= 0.3 is 0 Å². The van der Waals surface area contributed by atoms with Crippen LogP contribution in [0.15, 0.2) is 18.2 Å². The fraction of sp³-hybridized carbons (Fsp3) is 0.462. The molecule has 0 fully saturated rings. The molecule has 0 spiro atoms. The molecule has 1 aromatic rings. The van der Waals surface area contributed by atoms with Gasteiger partial charge in [0.05, 0.1) is 12.2 Å². The largest absolute Gasteiger partial charge is 0.493 e. The van der Waals surface area contributed by atoms with E-state index in [0.717, 1.165) is 29.8 Å². The molecule has 0 bridgehead atoms. The molecule has 17 heavy (non-hydrogen) atoms. The summed E-state index contributed by atoms with van der Waals surface area (Å²) in [7, 11) is 4.10. The number of nitrogens with two attached hydrogens (primary N) is 1. The molecule has 0 amide bonds. The van der Waals surface area contributed by atoms with Crippen molar-refractivity contribution in [1.29, 1.82) is 0 Å². The summed E-state index contributed by atoms with van der Waals surface area (Å²) in [6, 6.07) is 5.88. The fourth-order valence-corrected chi connectivity index (χ4v) is 1.68. The summed E-state index contributed by atoms with van der Waals surface area (Å²) < 4.78 is 5.74. The zero-order valence-electron chi connectivity index (χ0n) is 10.7. The van der Waals surface area contributed by atoms with E-state index in [1.807, 2.05) is 39.2 Å². The molecule has 0 atom stereocenters. The van der Waals surface area contributed by atoms with Crippen LogP contribution < -0.4 is 10.5 Å². The Hall–Kier alpha value is -1.13. The Balaban J connectivity index is 2.62. The van der Waals surface area contributed by atoms with Crippen molar-refractivity contribution in [2.45, 2.75) is 13.3 Å². The number of nitrogens with zero attached hydrogens (tertiary/aromatic N) is 1. The number of benzene rings is 1. The van der Waals surface area contributed by atoms with Gasteiger partial charge in [0.2, 0.25) is 0 Å². The Morgan fingerprint density at radius 3 is 2.71 bits per heavy atom. The van der Waals surface area contributed by atoms with Crippen LogP contribution in [0.3, 0.4) is 0 Å². The SMILES string of the molecule is Cc1ccc(C(N)=S)c(OCCCN(C)C)c1. The normalized spacial score (nSPS) is 10.6. The minimum absolute atomic E-state index is 0.382. The highest BCUT2D eigenvalue weighted by molar-refractivity contribution is 7.80. The van der Waals surface area contributed by atoms with E-state index in [2.05, 4.69) is 4.90 Å². The van der Waals surface area contributed by atoms with E-state index < -0.39 is 0 Å². The molecule has 0 aliphatic rings. The first kappa shape index (κ1) is 13.9. The summed E-state index contributed by atoms with van der Waals surface area (Å²) in [5.74, 6) is 0.788. The summed E-state index contributed by atoms with van der Waals surface area (Å²) >= 11 is 5.00. The van der Waals surface area contributed by atoms with Gasteiger partial charge in [-0.3, -0.25) is 0 Å². The number of ether oxygens (including phenoxy) is 1. The summed E-state index contributed by atoms with van der Waals surface area (Å²) in [5, 5.41) is 0. The van der Waals surface area contributed by atoms with Crippen LogP contribution in [-0.4, -0.2) is 37.1 Å². The van der Waals surface area contributed by atoms with Gasteiger partial charge in [-0.15, -0.1) is 0 Å². The molecule has 0 heterocycles. The first-order chi connectivity index (χ1) is 8.00. The Bertz CT molecular complexity index is 391. The van der Waals surface area contributed by atoms with Crippen molar-refractivity contribution < 1.29 is 4.74 Å². The lowest BCUT2D eigenvalue weighted by Gasteiger charge is -2.13. The van der Waals surface area contributed by atoms with Crippen molar-refractivity contribution in [2.75, 3.05) is 27.2 Å². The van der Waals surface area contributed by atoms with Crippen LogP contribution in [0.2, 0.25) is 0 Å². The van der Waals surface area contributed by atoms with Crippen molar-refractivity contribution in [3.05, 3.63) is 29.3 Å². The van der Waals surface area contributed by atoms with E-state index in [1.165, 1.54) is 0 Å². The zero-order chi connectivity index (χ0) is 12.8. The lowest BCUT2D eigenvalue weighted by atomic mass is 10.1. The third-order valence-electron chi connectivity index (χ3n) is 2.41. The first-order valence-electron chi connectivity index (χ1n) is 5.68. The predicted octanol–water partition coefficient (Wildman–Crippen LogP) is 1.96. The first-order valence-corrected chi connectivity index (χ1v) is 6.09. The average molecular weight is 252 g/mol. The third kappa shape index (κ3) is 4.71. The molecule has 0 aliphatic heterocycles. The van der Waals surface area contributed by atoms with Crippen molar-refractivity contribution >= 4 is 17.2 Å². The van der Waals surface area contributed by atoms with Gasteiger partial charge < -0.3 is 15.4 Å². The molecule has 2 N–H and O–H groups in total. The van der Waals surface area contributed by atoms with Crippen LogP contribution in [0.1, 0.15) is 17.5 Å². The quantitative estimate of drug-likeness (QED) is 0.620. The van der Waals surface area contributed by atoms with E-state index in [-0.39, 0.29) is 0 Å². The summed E-state index contributed by atoms with van der Waals surface area (Å²) in [6.07, 6.45) is 0.984. The van der Waals surface area contributed by atoms with Crippen LogP contribution in [0, 0.1) is 6.92 Å². The Labute approximate surface area is 109 Å². The Kier molecular flexibility index (Phi) is 5.38. The molecule has 0 saturated carbocycles. The van der Waals surface area contributed by atoms with Gasteiger partial charge in [0.1, 0.15) is 10.7 Å². The highest BCUT2D eigenvalue weighted by Crippen LogP contribution is 2.20. The van der Waals surface area contributed by atoms with Crippen molar-refractivity contribution in [3.8, 4) is 5.75 Å². The smallest absolute Gasteiger partial charge is 0.129 e. The lowest BCUT2D eigenvalue weighted by molar-refractivity contribution is 0.281. The molecule has 1 rings (SSSR count). The monoisotopic (exact) mass is 252 g/mol. The van der Waals surface area contributed by atoms with E-state index in [1.54, 1.807) is 0 Å². The minimum atomic E-state index is 0.382. The van der Waals surface area contributed by atoms with E-state index >= 15 is 0 Å². The number of thiocarbonyl (C=S) groups is 1. The topological polar surface area (TPSA) is 38.5 Å². The van der Waals surface area contributed by atoms with Gasteiger partial charge in [0.15, 0.2) is 0 Å². The zero-order valence-corrected chi connectivity index (χ0v) is 11.5. The summed E-state index contributed by atoms with van der Waals surface area (Å²) in [5.41, 5.74) is 7.62. The van der Waals surface area contributed by atoms with Crippen LogP contribution in [0.4, 0.5) is 0 Å². The van der Waals surface area contributed by atoms with Crippen LogP contribution in [0.25, 0.3) is 0 Å². The molecule has 0 unspecified atom stereocenters.